The monoisotopic (exact) mass is 425 g/mol. The van der Waals surface area contributed by atoms with E-state index in [4.69, 9.17) is 11.6 Å². The molecule has 3 aromatic rings. The van der Waals surface area contributed by atoms with Gasteiger partial charge in [-0.3, -0.25) is 4.31 Å². The van der Waals surface area contributed by atoms with E-state index in [0.29, 0.717) is 16.3 Å². The van der Waals surface area contributed by atoms with Gasteiger partial charge in [-0.1, -0.05) is 67.1 Å². The van der Waals surface area contributed by atoms with Crippen molar-refractivity contribution in [2.75, 3.05) is 4.31 Å². The average Bonchev–Trinajstić information content (AvgIpc) is 2.68. The van der Waals surface area contributed by atoms with Gasteiger partial charge in [0, 0.05) is 10.4 Å². The van der Waals surface area contributed by atoms with Crippen LogP contribution in [0, 0.1) is 0 Å². The lowest BCUT2D eigenvalue weighted by Gasteiger charge is -2.51. The smallest absolute Gasteiger partial charge is 0.260 e. The van der Waals surface area contributed by atoms with Gasteiger partial charge in [0.05, 0.1) is 16.1 Å². The van der Waals surface area contributed by atoms with Crippen LogP contribution >= 0.6 is 11.6 Å². The van der Waals surface area contributed by atoms with Gasteiger partial charge >= 0.3 is 0 Å². The number of hydrogen-bond acceptors (Lipinski definition) is 2. The maximum atomic E-state index is 13.7. The predicted molar refractivity (Wildman–Crippen MR) is 119 cm³/mol. The van der Waals surface area contributed by atoms with Crippen molar-refractivity contribution in [2.45, 2.75) is 43.0 Å². The maximum absolute atomic E-state index is 13.7. The summed E-state index contributed by atoms with van der Waals surface area (Å²) < 4.78 is 28.9. The third kappa shape index (κ3) is 3.24. The molecule has 1 aliphatic heterocycles. The highest BCUT2D eigenvalue weighted by atomic mass is 35.5. The van der Waals surface area contributed by atoms with Crippen LogP contribution in [0.15, 0.2) is 83.8 Å². The summed E-state index contributed by atoms with van der Waals surface area (Å²) in [6.07, 6.45) is 0.644. The van der Waals surface area contributed by atoms with Crippen LogP contribution < -0.4 is 4.31 Å². The Kier molecular flexibility index (Phi) is 4.75. The number of sulfonamides is 1. The first-order valence-corrected chi connectivity index (χ1v) is 11.4. The minimum absolute atomic E-state index is 0.304. The first-order valence-electron chi connectivity index (χ1n) is 9.62. The molecule has 0 saturated carbocycles. The van der Waals surface area contributed by atoms with Gasteiger partial charge in [0.25, 0.3) is 10.0 Å². The summed E-state index contributed by atoms with van der Waals surface area (Å²) in [4.78, 5) is 0.304. The van der Waals surface area contributed by atoms with E-state index in [2.05, 4.69) is 6.92 Å². The first-order chi connectivity index (χ1) is 13.7. The molecule has 0 amide bonds. The number of anilines is 1. The van der Waals surface area contributed by atoms with Gasteiger partial charge in [-0.25, -0.2) is 8.42 Å². The zero-order chi connectivity index (χ0) is 20.9. The first kappa shape index (κ1) is 20.0. The molecule has 0 spiro atoms. The number of fused-ring (bicyclic) bond motifs is 1. The van der Waals surface area contributed by atoms with Crippen molar-refractivity contribution < 1.29 is 8.42 Å². The van der Waals surface area contributed by atoms with E-state index < -0.39 is 15.6 Å². The molecule has 0 aromatic heterocycles. The summed E-state index contributed by atoms with van der Waals surface area (Å²) in [5, 5.41) is 0.689. The lowest BCUT2D eigenvalue weighted by Crippen LogP contribution is -2.55. The lowest BCUT2D eigenvalue weighted by molar-refractivity contribution is 0.351. The molecule has 29 heavy (non-hydrogen) atoms. The summed E-state index contributed by atoms with van der Waals surface area (Å²) in [7, 11) is -3.71. The Morgan fingerprint density at radius 2 is 1.41 bits per heavy atom. The van der Waals surface area contributed by atoms with Crippen molar-refractivity contribution in [2.24, 2.45) is 0 Å². The molecule has 1 atom stereocenters. The van der Waals surface area contributed by atoms with Gasteiger partial charge in [0.1, 0.15) is 0 Å². The van der Waals surface area contributed by atoms with E-state index in [1.54, 1.807) is 28.6 Å². The van der Waals surface area contributed by atoms with Crippen molar-refractivity contribution >= 4 is 27.3 Å². The van der Waals surface area contributed by atoms with Crippen LogP contribution in [0.2, 0.25) is 5.02 Å². The molecule has 3 aromatic carbocycles. The van der Waals surface area contributed by atoms with E-state index in [9.17, 15) is 8.42 Å². The van der Waals surface area contributed by atoms with E-state index in [-0.39, 0.29) is 5.41 Å². The van der Waals surface area contributed by atoms with Crippen LogP contribution in [-0.2, 0) is 15.4 Å². The Morgan fingerprint density at radius 3 is 2.07 bits per heavy atom. The molecule has 0 N–H and O–H groups in total. The Balaban J connectivity index is 1.95. The third-order valence-corrected chi connectivity index (χ3v) is 8.11. The second-order valence-corrected chi connectivity index (χ2v) is 10.7. The van der Waals surface area contributed by atoms with Crippen molar-refractivity contribution in [3.05, 3.63) is 95.0 Å². The van der Waals surface area contributed by atoms with Crippen LogP contribution in [0.3, 0.4) is 0 Å². The fourth-order valence-electron chi connectivity index (χ4n) is 4.70. The molecule has 3 nitrogen and oxygen atoms in total. The minimum atomic E-state index is -3.71. The van der Waals surface area contributed by atoms with E-state index in [0.717, 1.165) is 16.8 Å². The van der Waals surface area contributed by atoms with Gasteiger partial charge < -0.3 is 0 Å². The van der Waals surface area contributed by atoms with Gasteiger partial charge in [0.15, 0.2) is 0 Å². The molecule has 1 heterocycles. The molecule has 0 radical (unpaired) electrons. The Labute approximate surface area is 178 Å². The zero-order valence-corrected chi connectivity index (χ0v) is 18.3. The summed E-state index contributed by atoms with van der Waals surface area (Å²) in [6, 6.07) is 24.3. The van der Waals surface area contributed by atoms with Crippen LogP contribution in [-0.4, -0.2) is 14.0 Å². The fourth-order valence-corrected chi connectivity index (χ4v) is 6.67. The summed E-state index contributed by atoms with van der Waals surface area (Å²) in [6.45, 7) is 6.18. The Hall–Kier alpha value is -2.30. The molecular formula is C24H24ClNO2S. The third-order valence-electron chi connectivity index (χ3n) is 5.82. The van der Waals surface area contributed by atoms with Crippen LogP contribution in [0.5, 0.6) is 0 Å². The van der Waals surface area contributed by atoms with Crippen LogP contribution in [0.1, 0.15) is 38.3 Å². The number of benzene rings is 3. The highest BCUT2D eigenvalue weighted by molar-refractivity contribution is 7.93. The molecule has 0 bridgehead atoms. The van der Waals surface area contributed by atoms with E-state index in [1.807, 2.05) is 68.4 Å². The summed E-state index contributed by atoms with van der Waals surface area (Å²) in [5.41, 5.74) is 1.88. The largest absolute Gasteiger partial charge is 0.264 e. The number of rotatable bonds is 3. The number of para-hydroxylation sites is 1. The van der Waals surface area contributed by atoms with E-state index >= 15 is 0 Å². The van der Waals surface area contributed by atoms with E-state index in [1.165, 1.54) is 0 Å². The molecule has 0 aliphatic carbocycles. The zero-order valence-electron chi connectivity index (χ0n) is 16.8. The summed E-state index contributed by atoms with van der Waals surface area (Å²) in [5.74, 6) is 0. The lowest BCUT2D eigenvalue weighted by atomic mass is 9.66. The summed E-state index contributed by atoms with van der Waals surface area (Å²) >= 11 is 6.12. The topological polar surface area (TPSA) is 37.4 Å². The molecular weight excluding hydrogens is 402 g/mol. The second-order valence-electron chi connectivity index (χ2n) is 8.43. The average molecular weight is 426 g/mol. The standard InChI is InChI=1S/C24H24ClNO2S/c1-23(2)17-24(3,18-13-15-19(25)16-14-18)21-11-7-8-12-22(21)26(23)29(27,28)20-9-5-4-6-10-20/h4-16H,17H2,1-3H3/t24-/m0/s1. The van der Waals surface area contributed by atoms with Crippen molar-refractivity contribution in [3.63, 3.8) is 0 Å². The molecule has 0 saturated heterocycles. The molecule has 0 unspecified atom stereocenters. The van der Waals surface area contributed by atoms with Gasteiger partial charge in [0.2, 0.25) is 0 Å². The SMILES string of the molecule is CC1(C)C[C@@](C)(c2ccc(Cl)cc2)c2ccccc2N1S(=O)(=O)c1ccccc1. The fraction of sp³-hybridized carbons (Fsp3) is 0.250. The normalized spacial score (nSPS) is 20.9. The van der Waals surface area contributed by atoms with Crippen molar-refractivity contribution in [3.8, 4) is 0 Å². The van der Waals surface area contributed by atoms with Crippen LogP contribution in [0.25, 0.3) is 0 Å². The van der Waals surface area contributed by atoms with Crippen molar-refractivity contribution in [1.29, 1.82) is 0 Å². The molecule has 4 rings (SSSR count). The quantitative estimate of drug-likeness (QED) is 0.514. The highest BCUT2D eigenvalue weighted by Crippen LogP contribution is 2.52. The number of hydrogen-bond donors (Lipinski definition) is 0. The number of halogens is 1. The molecule has 5 heteroatoms. The molecule has 0 fully saturated rings. The maximum Gasteiger partial charge on any atom is 0.264 e. The molecule has 150 valence electrons. The Bertz CT molecular complexity index is 1140. The van der Waals surface area contributed by atoms with Crippen molar-refractivity contribution in [1.82, 2.24) is 0 Å². The minimum Gasteiger partial charge on any atom is -0.260 e. The number of nitrogens with zero attached hydrogens (tertiary/aromatic N) is 1. The second kappa shape index (κ2) is 6.89. The van der Waals surface area contributed by atoms with Gasteiger partial charge in [-0.15, -0.1) is 0 Å². The van der Waals surface area contributed by atoms with Gasteiger partial charge in [-0.05, 0) is 61.7 Å². The van der Waals surface area contributed by atoms with Gasteiger partial charge in [-0.2, -0.15) is 0 Å². The molecule has 1 aliphatic rings. The van der Waals surface area contributed by atoms with Crippen LogP contribution in [0.4, 0.5) is 5.69 Å². The predicted octanol–water partition coefficient (Wildman–Crippen LogP) is 6.02. The highest BCUT2D eigenvalue weighted by Gasteiger charge is 2.49. The Morgan fingerprint density at radius 1 is 0.828 bits per heavy atom.